The molecule has 0 amide bonds. The zero-order valence-electron chi connectivity index (χ0n) is 18.1. The molecular formula is C23H19F3N2O5S2. The minimum Gasteiger partial charge on any atom is -0.482 e. The fraction of sp³-hybridized carbons (Fsp3) is 0.130. The number of aliphatic carboxylic acids is 1. The van der Waals surface area contributed by atoms with Crippen LogP contribution in [0.15, 0.2) is 82.3 Å². The van der Waals surface area contributed by atoms with Crippen LogP contribution in [0.3, 0.4) is 0 Å². The van der Waals surface area contributed by atoms with E-state index in [1.807, 2.05) is 0 Å². The van der Waals surface area contributed by atoms with Crippen molar-refractivity contribution in [3.63, 3.8) is 0 Å². The van der Waals surface area contributed by atoms with E-state index in [0.29, 0.717) is 21.4 Å². The van der Waals surface area contributed by atoms with E-state index in [1.165, 1.54) is 36.4 Å². The molecule has 0 aliphatic rings. The number of carbonyl (C=O) groups is 1. The van der Waals surface area contributed by atoms with Crippen LogP contribution in [0.5, 0.6) is 5.75 Å². The van der Waals surface area contributed by atoms with E-state index in [0.717, 1.165) is 17.6 Å². The summed E-state index contributed by atoms with van der Waals surface area (Å²) in [4.78, 5) is 16.1. The molecule has 0 bridgehead atoms. The molecule has 0 unspecified atom stereocenters. The molecule has 184 valence electrons. The van der Waals surface area contributed by atoms with Gasteiger partial charge < -0.3 is 15.6 Å². The average Bonchev–Trinajstić information content (AvgIpc) is 3.27. The minimum atomic E-state index is -4.78. The van der Waals surface area contributed by atoms with E-state index < -0.39 is 34.3 Å². The number of rotatable bonds is 8. The van der Waals surface area contributed by atoms with Gasteiger partial charge in [-0.25, -0.2) is 18.2 Å². The summed E-state index contributed by atoms with van der Waals surface area (Å²) in [7, 11) is -3.45. The van der Waals surface area contributed by atoms with E-state index in [4.69, 9.17) is 15.6 Å². The maximum atomic E-state index is 13.2. The summed E-state index contributed by atoms with van der Waals surface area (Å²) in [5.41, 5.74) is 4.57. The van der Waals surface area contributed by atoms with Crippen molar-refractivity contribution in [2.75, 3.05) is 12.9 Å². The maximum absolute atomic E-state index is 13.2. The average molecular weight is 525 g/mol. The van der Waals surface area contributed by atoms with Gasteiger partial charge >= 0.3 is 12.1 Å². The van der Waals surface area contributed by atoms with Crippen LogP contribution < -0.4 is 10.5 Å². The van der Waals surface area contributed by atoms with E-state index in [2.05, 4.69) is 4.99 Å². The first kappa shape index (κ1) is 26.0. The molecule has 0 saturated heterocycles. The molecule has 0 saturated carbocycles. The van der Waals surface area contributed by atoms with Crippen LogP contribution in [0, 0.1) is 0 Å². The van der Waals surface area contributed by atoms with Crippen molar-refractivity contribution in [3.8, 4) is 16.2 Å². The number of hydrogen-bond donors (Lipinski definition) is 2. The van der Waals surface area contributed by atoms with Crippen LogP contribution in [0.2, 0.25) is 0 Å². The van der Waals surface area contributed by atoms with Crippen molar-refractivity contribution >= 4 is 38.5 Å². The monoisotopic (exact) mass is 524 g/mol. The van der Waals surface area contributed by atoms with Gasteiger partial charge in [0.2, 0.25) is 0 Å². The molecule has 0 fully saturated rings. The first-order chi connectivity index (χ1) is 16.3. The first-order valence-electron chi connectivity index (χ1n) is 9.81. The Morgan fingerprint density at radius 3 is 2.51 bits per heavy atom. The Labute approximate surface area is 202 Å². The Bertz CT molecular complexity index is 1410. The number of nitrogens with zero attached hydrogens (tertiary/aromatic N) is 1. The SMILES string of the molecule is CS(=O)(=O)c1cccc(-c2ccc(C(C=C(N)C(F)(F)F)=Nc3cccc(OCC(=O)O)c3)s2)c1. The fourth-order valence-corrected chi connectivity index (χ4v) is 4.46. The lowest BCUT2D eigenvalue weighted by Gasteiger charge is -2.08. The predicted octanol–water partition coefficient (Wildman–Crippen LogP) is 4.81. The van der Waals surface area contributed by atoms with Crippen molar-refractivity contribution < 1.29 is 36.2 Å². The highest BCUT2D eigenvalue weighted by Crippen LogP contribution is 2.32. The molecule has 0 aliphatic carbocycles. The van der Waals surface area contributed by atoms with Crippen molar-refractivity contribution in [2.24, 2.45) is 10.7 Å². The molecule has 35 heavy (non-hydrogen) atoms. The van der Waals surface area contributed by atoms with Crippen molar-refractivity contribution in [1.82, 2.24) is 0 Å². The lowest BCUT2D eigenvalue weighted by atomic mass is 10.2. The maximum Gasteiger partial charge on any atom is 0.430 e. The van der Waals surface area contributed by atoms with Gasteiger partial charge in [0, 0.05) is 17.2 Å². The Morgan fingerprint density at radius 2 is 1.86 bits per heavy atom. The summed E-state index contributed by atoms with van der Waals surface area (Å²) in [6.07, 6.45) is -3.00. The first-order valence-corrected chi connectivity index (χ1v) is 12.5. The Kier molecular flexibility index (Phi) is 7.66. The number of thiophene rings is 1. The Balaban J connectivity index is 2.05. The quantitative estimate of drug-likeness (QED) is 0.409. The van der Waals surface area contributed by atoms with E-state index >= 15 is 0 Å². The van der Waals surface area contributed by atoms with Gasteiger partial charge in [0.25, 0.3) is 0 Å². The van der Waals surface area contributed by atoms with Crippen LogP contribution in [-0.2, 0) is 14.6 Å². The third kappa shape index (κ3) is 7.17. The summed E-state index contributed by atoms with van der Waals surface area (Å²) < 4.78 is 68.3. The zero-order valence-corrected chi connectivity index (χ0v) is 19.7. The number of hydrogen-bond acceptors (Lipinski definition) is 7. The number of ether oxygens (including phenoxy) is 1. The molecule has 7 nitrogen and oxygen atoms in total. The van der Waals surface area contributed by atoms with Gasteiger partial charge in [0.05, 0.1) is 21.2 Å². The summed E-state index contributed by atoms with van der Waals surface area (Å²) in [5, 5.41) is 8.76. The molecule has 0 radical (unpaired) electrons. The lowest BCUT2D eigenvalue weighted by Crippen LogP contribution is -2.20. The normalized spacial score (nSPS) is 13.0. The number of carboxylic acids is 1. The molecule has 3 N–H and O–H groups in total. The van der Waals surface area contributed by atoms with Gasteiger partial charge in [0.1, 0.15) is 11.4 Å². The van der Waals surface area contributed by atoms with E-state index in [9.17, 15) is 26.4 Å². The van der Waals surface area contributed by atoms with Gasteiger partial charge in [-0.05, 0) is 48.0 Å². The number of sulfone groups is 1. The summed E-state index contributed by atoms with van der Waals surface area (Å²) >= 11 is 1.10. The van der Waals surface area contributed by atoms with Gasteiger partial charge in [0.15, 0.2) is 16.4 Å². The summed E-state index contributed by atoms with van der Waals surface area (Å²) in [6.45, 7) is -0.595. The number of aliphatic imine (C=N–C) groups is 1. The molecule has 0 atom stereocenters. The lowest BCUT2D eigenvalue weighted by molar-refractivity contribution is -0.139. The smallest absolute Gasteiger partial charge is 0.430 e. The number of carboxylic acid groups (broad SMARTS) is 1. The Hall–Kier alpha value is -3.64. The number of benzene rings is 2. The third-order valence-electron chi connectivity index (χ3n) is 4.45. The summed E-state index contributed by atoms with van der Waals surface area (Å²) in [5.74, 6) is -1.02. The highest BCUT2D eigenvalue weighted by atomic mass is 32.2. The topological polar surface area (TPSA) is 119 Å². The molecule has 1 heterocycles. The molecule has 12 heteroatoms. The zero-order chi connectivity index (χ0) is 25.8. The fourth-order valence-electron chi connectivity index (χ4n) is 2.83. The van der Waals surface area contributed by atoms with Gasteiger partial charge in [-0.2, -0.15) is 13.2 Å². The molecule has 3 aromatic rings. The van der Waals surface area contributed by atoms with Crippen LogP contribution in [0.1, 0.15) is 4.88 Å². The molecule has 1 aromatic heterocycles. The molecule has 3 rings (SSSR count). The summed E-state index contributed by atoms with van der Waals surface area (Å²) in [6, 6.07) is 15.3. The second kappa shape index (κ2) is 10.3. The van der Waals surface area contributed by atoms with Crippen molar-refractivity contribution in [1.29, 1.82) is 0 Å². The molecule has 0 aliphatic heterocycles. The second-order valence-electron chi connectivity index (χ2n) is 7.24. The Morgan fingerprint density at radius 1 is 1.14 bits per heavy atom. The predicted molar refractivity (Wildman–Crippen MR) is 127 cm³/mol. The van der Waals surface area contributed by atoms with Gasteiger partial charge in [-0.3, -0.25) is 0 Å². The van der Waals surface area contributed by atoms with Gasteiger partial charge in [-0.1, -0.05) is 18.2 Å². The minimum absolute atomic E-state index is 0.0919. The number of alkyl halides is 3. The molecular weight excluding hydrogens is 505 g/mol. The number of nitrogens with two attached hydrogens (primary N) is 1. The van der Waals surface area contributed by atoms with Crippen molar-refractivity contribution in [3.05, 3.63) is 77.3 Å². The van der Waals surface area contributed by atoms with Crippen LogP contribution in [0.4, 0.5) is 18.9 Å². The standard InChI is InChI=1S/C23H19F3N2O5S2/c1-35(31,32)17-7-2-4-14(10-17)19-8-9-20(34-19)18(12-21(27)23(24,25)26)28-15-5-3-6-16(11-15)33-13-22(29)30/h2-12H,13,27H2,1H3,(H,29,30). The third-order valence-corrected chi connectivity index (χ3v) is 6.72. The van der Waals surface area contributed by atoms with E-state index in [-0.39, 0.29) is 22.0 Å². The van der Waals surface area contributed by atoms with Crippen LogP contribution >= 0.6 is 11.3 Å². The molecule has 2 aromatic carbocycles. The highest BCUT2D eigenvalue weighted by Gasteiger charge is 2.32. The number of halogens is 3. The van der Waals surface area contributed by atoms with Gasteiger partial charge in [-0.15, -0.1) is 11.3 Å². The second-order valence-corrected chi connectivity index (χ2v) is 10.3. The highest BCUT2D eigenvalue weighted by molar-refractivity contribution is 7.90. The van der Waals surface area contributed by atoms with Crippen LogP contribution in [0.25, 0.3) is 10.4 Å². The van der Waals surface area contributed by atoms with Crippen LogP contribution in [-0.4, -0.2) is 44.2 Å². The number of allylic oxidation sites excluding steroid dienone is 2. The molecule has 0 spiro atoms. The van der Waals surface area contributed by atoms with Crippen molar-refractivity contribution in [2.45, 2.75) is 11.1 Å². The van der Waals surface area contributed by atoms with E-state index in [1.54, 1.807) is 24.3 Å². The largest absolute Gasteiger partial charge is 0.482 e.